The van der Waals surface area contributed by atoms with Gasteiger partial charge in [-0.3, -0.25) is 0 Å². The first kappa shape index (κ1) is 39.2. The molecule has 10 aromatic rings. The van der Waals surface area contributed by atoms with Crippen LogP contribution in [0.4, 0.5) is 17.1 Å². The molecule has 0 radical (unpaired) electrons. The molecular formula is C65H47NO. The Hall–Kier alpha value is -8.20. The summed E-state index contributed by atoms with van der Waals surface area (Å²) in [4.78, 5) is 2.42. The van der Waals surface area contributed by atoms with Crippen LogP contribution < -0.4 is 9.64 Å². The van der Waals surface area contributed by atoms with Crippen LogP contribution in [0.25, 0.3) is 61.4 Å². The summed E-state index contributed by atoms with van der Waals surface area (Å²) in [7, 11) is 0. The molecule has 0 bridgehead atoms. The Balaban J connectivity index is 1.00. The van der Waals surface area contributed by atoms with Crippen LogP contribution in [0.1, 0.15) is 45.0 Å². The summed E-state index contributed by atoms with van der Waals surface area (Å²) in [5.41, 5.74) is 21.4. The molecule has 10 aromatic carbocycles. The second kappa shape index (κ2) is 15.5. The molecule has 0 saturated heterocycles. The highest BCUT2D eigenvalue weighted by Crippen LogP contribution is 2.66. The topological polar surface area (TPSA) is 12.5 Å². The molecule has 67 heavy (non-hydrogen) atoms. The summed E-state index contributed by atoms with van der Waals surface area (Å²) in [6, 6.07) is 82.6. The zero-order valence-corrected chi connectivity index (χ0v) is 37.5. The molecular weight excluding hydrogens is 811 g/mol. The van der Waals surface area contributed by atoms with E-state index in [0.717, 1.165) is 28.4 Å². The van der Waals surface area contributed by atoms with Gasteiger partial charge in [-0.25, -0.2) is 0 Å². The smallest absolute Gasteiger partial charge is 0.132 e. The lowest BCUT2D eigenvalue weighted by Crippen LogP contribution is -2.45. The third-order valence-corrected chi connectivity index (χ3v) is 14.9. The minimum atomic E-state index is -0.495. The maximum absolute atomic E-state index is 7.43. The summed E-state index contributed by atoms with van der Waals surface area (Å²) >= 11 is 0. The average molecular weight is 858 g/mol. The maximum atomic E-state index is 7.43. The van der Waals surface area contributed by atoms with Gasteiger partial charge in [0.15, 0.2) is 0 Å². The van der Waals surface area contributed by atoms with Crippen LogP contribution in [0, 0.1) is 19.8 Å². The number of ether oxygens (including phenoxy) is 1. The van der Waals surface area contributed by atoms with Gasteiger partial charge in [0.05, 0.1) is 11.1 Å². The average Bonchev–Trinajstić information content (AvgIpc) is 3.67. The number of fused-ring (bicyclic) bond motifs is 13. The quantitative estimate of drug-likeness (QED) is 0.165. The van der Waals surface area contributed by atoms with E-state index in [1.165, 1.54) is 88.7 Å². The van der Waals surface area contributed by atoms with Crippen molar-refractivity contribution in [1.29, 1.82) is 0 Å². The van der Waals surface area contributed by atoms with Gasteiger partial charge in [-0.2, -0.15) is 0 Å². The molecule has 13 rings (SSSR count). The molecule has 1 aliphatic heterocycles. The van der Waals surface area contributed by atoms with Crippen molar-refractivity contribution in [2.75, 3.05) is 4.90 Å². The van der Waals surface area contributed by atoms with Crippen LogP contribution in [-0.2, 0) is 5.41 Å². The Morgan fingerprint density at radius 2 is 0.985 bits per heavy atom. The van der Waals surface area contributed by atoms with Gasteiger partial charge >= 0.3 is 0 Å². The van der Waals surface area contributed by atoms with E-state index < -0.39 is 5.41 Å². The molecule has 1 heterocycles. The predicted octanol–water partition coefficient (Wildman–Crippen LogP) is 17.0. The van der Waals surface area contributed by atoms with E-state index in [4.69, 9.17) is 4.74 Å². The monoisotopic (exact) mass is 857 g/mol. The zero-order valence-electron chi connectivity index (χ0n) is 37.5. The van der Waals surface area contributed by atoms with Crippen molar-refractivity contribution in [2.24, 2.45) is 5.92 Å². The molecule has 2 heteroatoms. The second-order valence-electron chi connectivity index (χ2n) is 18.4. The van der Waals surface area contributed by atoms with Crippen molar-refractivity contribution in [3.8, 4) is 50.3 Å². The van der Waals surface area contributed by atoms with E-state index in [1.807, 2.05) is 0 Å². The van der Waals surface area contributed by atoms with Crippen molar-refractivity contribution in [1.82, 2.24) is 0 Å². The van der Waals surface area contributed by atoms with Gasteiger partial charge in [-0.1, -0.05) is 200 Å². The molecule has 0 aromatic heterocycles. The minimum Gasteiger partial charge on any atom is -0.484 e. The Labute approximate surface area is 392 Å². The van der Waals surface area contributed by atoms with Gasteiger partial charge in [0, 0.05) is 39.4 Å². The molecule has 0 amide bonds. The first-order valence-electron chi connectivity index (χ1n) is 23.5. The number of aryl methyl sites for hydroxylation is 2. The lowest BCUT2D eigenvalue weighted by Gasteiger charge is -2.49. The molecule has 0 N–H and O–H groups in total. The molecule has 0 saturated carbocycles. The van der Waals surface area contributed by atoms with Crippen LogP contribution in [0.3, 0.4) is 0 Å². The first-order chi connectivity index (χ1) is 33.1. The standard InChI is InChI=1S/C65H47NO/c1-42-15-13-23-55-51(42)36-39-60-63(55)67-64-56-24-14-16-43(2)52(56)37-40-61(64)65(60)58-25-11-9-22-54(58)57-41-48(31-38-59(57)65)53-21-10-12-26-62(53)66(49-32-27-46(28-33-49)44-17-5-3-6-18-44)50-34-29-47(30-35-50)45-19-7-4-8-20-45/h3-41,60,63H,1-2H3. The summed E-state index contributed by atoms with van der Waals surface area (Å²) in [6.45, 7) is 4.42. The molecule has 1 spiro atoms. The Morgan fingerprint density at radius 3 is 1.70 bits per heavy atom. The van der Waals surface area contributed by atoms with Crippen LogP contribution >= 0.6 is 0 Å². The highest BCUT2D eigenvalue weighted by molar-refractivity contribution is 5.97. The highest BCUT2D eigenvalue weighted by Gasteiger charge is 2.57. The van der Waals surface area contributed by atoms with E-state index in [0.29, 0.717) is 0 Å². The zero-order chi connectivity index (χ0) is 44.6. The van der Waals surface area contributed by atoms with Crippen LogP contribution in [0.2, 0.25) is 0 Å². The largest absolute Gasteiger partial charge is 0.484 e. The minimum absolute atomic E-state index is 0.0188. The normalized spacial score (nSPS) is 17.2. The molecule has 0 fully saturated rings. The third kappa shape index (κ3) is 6.03. The molecule has 2 aliphatic carbocycles. The summed E-state index contributed by atoms with van der Waals surface area (Å²) in [5.74, 6) is 1.01. The van der Waals surface area contributed by atoms with Crippen LogP contribution in [0.5, 0.6) is 5.75 Å². The number of para-hydroxylation sites is 1. The lowest BCUT2D eigenvalue weighted by atomic mass is 9.58. The van der Waals surface area contributed by atoms with Gasteiger partial charge in [-0.05, 0) is 122 Å². The van der Waals surface area contributed by atoms with Crippen molar-refractivity contribution in [3.63, 3.8) is 0 Å². The number of nitrogens with zero attached hydrogens (tertiary/aromatic N) is 1. The van der Waals surface area contributed by atoms with Gasteiger partial charge in [0.1, 0.15) is 11.9 Å². The Morgan fingerprint density at radius 1 is 0.418 bits per heavy atom. The van der Waals surface area contributed by atoms with Crippen LogP contribution in [-0.4, -0.2) is 0 Å². The molecule has 2 nitrogen and oxygen atoms in total. The van der Waals surface area contributed by atoms with E-state index in [-0.39, 0.29) is 12.0 Å². The number of benzene rings is 10. The summed E-state index contributed by atoms with van der Waals surface area (Å²) in [6.07, 6.45) is 4.65. The van der Waals surface area contributed by atoms with E-state index in [1.54, 1.807) is 0 Å². The van der Waals surface area contributed by atoms with Gasteiger partial charge in [-0.15, -0.1) is 0 Å². The van der Waals surface area contributed by atoms with Crippen molar-refractivity contribution in [2.45, 2.75) is 25.4 Å². The number of hydrogen-bond donors (Lipinski definition) is 0. The van der Waals surface area contributed by atoms with Gasteiger partial charge in [0.25, 0.3) is 0 Å². The number of rotatable bonds is 6. The van der Waals surface area contributed by atoms with Crippen molar-refractivity contribution >= 4 is 33.9 Å². The Bertz CT molecular complexity index is 3490. The van der Waals surface area contributed by atoms with E-state index in [2.05, 4.69) is 255 Å². The maximum Gasteiger partial charge on any atom is 0.132 e. The van der Waals surface area contributed by atoms with E-state index >= 15 is 0 Å². The second-order valence-corrected chi connectivity index (χ2v) is 18.4. The fourth-order valence-corrected chi connectivity index (χ4v) is 11.8. The fourth-order valence-electron chi connectivity index (χ4n) is 11.8. The predicted molar refractivity (Wildman–Crippen MR) is 279 cm³/mol. The Kier molecular flexibility index (Phi) is 9.05. The van der Waals surface area contributed by atoms with Crippen molar-refractivity contribution in [3.05, 3.63) is 269 Å². The van der Waals surface area contributed by atoms with Crippen LogP contribution in [0.15, 0.2) is 231 Å². The van der Waals surface area contributed by atoms with Gasteiger partial charge < -0.3 is 9.64 Å². The summed E-state index contributed by atoms with van der Waals surface area (Å²) < 4.78 is 7.43. The highest BCUT2D eigenvalue weighted by atomic mass is 16.5. The molecule has 3 aliphatic rings. The van der Waals surface area contributed by atoms with Crippen molar-refractivity contribution < 1.29 is 4.74 Å². The third-order valence-electron chi connectivity index (χ3n) is 14.9. The fraction of sp³-hybridized carbons (Fsp3) is 0.0769. The summed E-state index contributed by atoms with van der Waals surface area (Å²) in [5, 5.41) is 2.40. The molecule has 3 atom stereocenters. The number of hydrogen-bond acceptors (Lipinski definition) is 2. The first-order valence-corrected chi connectivity index (χ1v) is 23.5. The molecule has 318 valence electrons. The SMILES string of the molecule is Cc1cccc2c1C=CC1C2Oc2c(ccc3c(C)cccc23)C12c1ccccc1-c1cc(-c3ccccc3N(c3ccc(-c4ccccc4)cc3)c3ccc(-c4ccccc4)cc3)ccc12. The van der Waals surface area contributed by atoms with Gasteiger partial charge in [0.2, 0.25) is 0 Å². The molecule has 3 unspecified atom stereocenters. The number of anilines is 3. The lowest BCUT2D eigenvalue weighted by molar-refractivity contribution is 0.105. The van der Waals surface area contributed by atoms with E-state index in [9.17, 15) is 0 Å².